The first-order valence-electron chi connectivity index (χ1n) is 6.66. The minimum absolute atomic E-state index is 0.0488. The number of hydrogen-bond donors (Lipinski definition) is 3. The molecule has 20 heavy (non-hydrogen) atoms. The van der Waals surface area contributed by atoms with Crippen LogP contribution < -0.4 is 10.6 Å². The molecule has 5 heteroatoms. The van der Waals surface area contributed by atoms with Crippen LogP contribution in [0.5, 0.6) is 5.75 Å². The van der Waals surface area contributed by atoms with Crippen molar-refractivity contribution in [3.63, 3.8) is 0 Å². The zero-order valence-corrected chi connectivity index (χ0v) is 11.9. The summed E-state index contributed by atoms with van der Waals surface area (Å²) in [6, 6.07) is 6.30. The number of carbonyl (C=O) groups is 2. The largest absolute Gasteiger partial charge is 0.508 e. The molecule has 2 atom stereocenters. The van der Waals surface area contributed by atoms with Gasteiger partial charge in [0.25, 0.3) is 0 Å². The molecule has 0 spiro atoms. The Balaban J connectivity index is 2.17. The first-order chi connectivity index (χ1) is 9.29. The van der Waals surface area contributed by atoms with E-state index in [1.807, 2.05) is 20.8 Å². The molecule has 1 fully saturated rings. The monoisotopic (exact) mass is 276 g/mol. The molecule has 0 unspecified atom stereocenters. The van der Waals surface area contributed by atoms with Gasteiger partial charge in [0.2, 0.25) is 11.8 Å². The molecular weight excluding hydrogens is 256 g/mol. The number of aromatic hydroxyl groups is 1. The number of hydrogen-bond acceptors (Lipinski definition) is 3. The standard InChI is InChI=1S/C15H20N2O3/c1-15(2,3)11-8-16-13(19)12(11)14(20)17-9-5-4-6-10(18)7-9/h4-7,11-12,18H,8H2,1-3H3,(H,16,19)(H,17,20)/t11-,12-/m0/s1. The molecule has 0 aliphatic carbocycles. The number of anilines is 1. The lowest BCUT2D eigenvalue weighted by Crippen LogP contribution is -2.37. The number of benzene rings is 1. The Bertz CT molecular complexity index is 534. The van der Waals surface area contributed by atoms with E-state index in [1.165, 1.54) is 12.1 Å². The van der Waals surface area contributed by atoms with Gasteiger partial charge in [0.1, 0.15) is 11.7 Å². The highest BCUT2D eigenvalue weighted by Gasteiger charge is 2.45. The Hall–Kier alpha value is -2.04. The van der Waals surface area contributed by atoms with Gasteiger partial charge in [-0.15, -0.1) is 0 Å². The molecule has 1 aliphatic heterocycles. The predicted octanol–water partition coefficient (Wildman–Crippen LogP) is 1.74. The Morgan fingerprint density at radius 1 is 1.40 bits per heavy atom. The highest BCUT2D eigenvalue weighted by Crippen LogP contribution is 2.35. The van der Waals surface area contributed by atoms with Crippen molar-refractivity contribution in [3.05, 3.63) is 24.3 Å². The number of phenols is 1. The summed E-state index contributed by atoms with van der Waals surface area (Å²) in [6.07, 6.45) is 0. The van der Waals surface area contributed by atoms with E-state index in [-0.39, 0.29) is 28.9 Å². The minimum atomic E-state index is -0.697. The van der Waals surface area contributed by atoms with Gasteiger partial charge in [-0.25, -0.2) is 0 Å². The van der Waals surface area contributed by atoms with Crippen molar-refractivity contribution in [2.75, 3.05) is 11.9 Å². The van der Waals surface area contributed by atoms with Crippen LogP contribution in [0.4, 0.5) is 5.69 Å². The van der Waals surface area contributed by atoms with Gasteiger partial charge in [0, 0.05) is 24.2 Å². The van der Waals surface area contributed by atoms with E-state index in [4.69, 9.17) is 0 Å². The lowest BCUT2D eigenvalue weighted by atomic mass is 9.74. The van der Waals surface area contributed by atoms with Crippen LogP contribution in [0.2, 0.25) is 0 Å². The van der Waals surface area contributed by atoms with Crippen LogP contribution in [0.25, 0.3) is 0 Å². The number of nitrogens with one attached hydrogen (secondary N) is 2. The van der Waals surface area contributed by atoms with Crippen LogP contribution in [0, 0.1) is 17.3 Å². The molecule has 0 bridgehead atoms. The van der Waals surface area contributed by atoms with Crippen molar-refractivity contribution >= 4 is 17.5 Å². The smallest absolute Gasteiger partial charge is 0.237 e. The lowest BCUT2D eigenvalue weighted by Gasteiger charge is -2.29. The molecule has 0 aromatic heterocycles. The minimum Gasteiger partial charge on any atom is -0.508 e. The van der Waals surface area contributed by atoms with Gasteiger partial charge in [-0.05, 0) is 17.5 Å². The molecule has 5 nitrogen and oxygen atoms in total. The van der Waals surface area contributed by atoms with E-state index in [0.717, 1.165) is 0 Å². The second kappa shape index (κ2) is 5.15. The van der Waals surface area contributed by atoms with E-state index in [1.54, 1.807) is 12.1 Å². The molecule has 0 radical (unpaired) electrons. The fraction of sp³-hybridized carbons (Fsp3) is 0.467. The third-order valence-electron chi connectivity index (χ3n) is 3.69. The predicted molar refractivity (Wildman–Crippen MR) is 76.2 cm³/mol. The number of carbonyl (C=O) groups excluding carboxylic acids is 2. The second-order valence-corrected chi connectivity index (χ2v) is 6.23. The zero-order valence-electron chi connectivity index (χ0n) is 11.9. The molecular formula is C15H20N2O3. The number of amides is 2. The van der Waals surface area contributed by atoms with Crippen LogP contribution in [0.15, 0.2) is 24.3 Å². The Morgan fingerprint density at radius 3 is 2.70 bits per heavy atom. The summed E-state index contributed by atoms with van der Waals surface area (Å²) < 4.78 is 0. The van der Waals surface area contributed by atoms with E-state index in [0.29, 0.717) is 12.2 Å². The molecule has 2 amide bonds. The summed E-state index contributed by atoms with van der Waals surface area (Å²) in [5.41, 5.74) is 0.349. The van der Waals surface area contributed by atoms with Crippen LogP contribution in [-0.4, -0.2) is 23.5 Å². The van der Waals surface area contributed by atoms with Crippen molar-refractivity contribution < 1.29 is 14.7 Å². The first kappa shape index (κ1) is 14.4. The van der Waals surface area contributed by atoms with Gasteiger partial charge in [0.05, 0.1) is 0 Å². The lowest BCUT2D eigenvalue weighted by molar-refractivity contribution is -0.132. The summed E-state index contributed by atoms with van der Waals surface area (Å²) in [4.78, 5) is 24.2. The van der Waals surface area contributed by atoms with Crippen LogP contribution in [-0.2, 0) is 9.59 Å². The van der Waals surface area contributed by atoms with Gasteiger partial charge < -0.3 is 15.7 Å². The van der Waals surface area contributed by atoms with Crippen LogP contribution in [0.3, 0.4) is 0 Å². The maximum Gasteiger partial charge on any atom is 0.237 e. The summed E-state index contributed by atoms with van der Waals surface area (Å²) in [6.45, 7) is 6.58. The second-order valence-electron chi connectivity index (χ2n) is 6.23. The molecule has 1 saturated heterocycles. The van der Waals surface area contributed by atoms with Crippen LogP contribution >= 0.6 is 0 Å². The van der Waals surface area contributed by atoms with Gasteiger partial charge in [-0.3, -0.25) is 9.59 Å². The summed E-state index contributed by atoms with van der Waals surface area (Å²) in [7, 11) is 0. The van der Waals surface area contributed by atoms with Crippen LogP contribution in [0.1, 0.15) is 20.8 Å². The topological polar surface area (TPSA) is 78.4 Å². The third kappa shape index (κ3) is 2.92. The zero-order chi connectivity index (χ0) is 14.9. The molecule has 108 valence electrons. The van der Waals surface area contributed by atoms with Gasteiger partial charge >= 0.3 is 0 Å². The van der Waals surface area contributed by atoms with Crippen molar-refractivity contribution in [1.82, 2.24) is 5.32 Å². The summed E-state index contributed by atoms with van der Waals surface area (Å²) in [5.74, 6) is -1.23. The fourth-order valence-electron chi connectivity index (χ4n) is 2.53. The Kier molecular flexibility index (Phi) is 3.70. The normalized spacial score (nSPS) is 22.4. The van der Waals surface area contributed by atoms with E-state index < -0.39 is 5.92 Å². The highest BCUT2D eigenvalue weighted by molar-refractivity contribution is 6.08. The average Bonchev–Trinajstić information content (AvgIpc) is 2.71. The van der Waals surface area contributed by atoms with Gasteiger partial charge in [0.15, 0.2) is 0 Å². The highest BCUT2D eigenvalue weighted by atomic mass is 16.3. The maximum absolute atomic E-state index is 12.3. The molecule has 1 aliphatic rings. The fourth-order valence-corrected chi connectivity index (χ4v) is 2.53. The van der Waals surface area contributed by atoms with Crippen molar-refractivity contribution in [2.24, 2.45) is 17.3 Å². The SMILES string of the molecule is CC(C)(C)[C@H]1CNC(=O)[C@H]1C(=O)Nc1cccc(O)c1. The van der Waals surface area contributed by atoms with Gasteiger partial charge in [-0.2, -0.15) is 0 Å². The number of phenolic OH excluding ortho intramolecular Hbond substituents is 1. The van der Waals surface area contributed by atoms with Gasteiger partial charge in [-0.1, -0.05) is 26.8 Å². The Morgan fingerprint density at radius 2 is 2.10 bits per heavy atom. The molecule has 2 rings (SSSR count). The Labute approximate surface area is 118 Å². The first-order valence-corrected chi connectivity index (χ1v) is 6.66. The molecule has 0 saturated carbocycles. The molecule has 1 heterocycles. The quantitative estimate of drug-likeness (QED) is 0.720. The molecule has 1 aromatic carbocycles. The van der Waals surface area contributed by atoms with E-state index in [2.05, 4.69) is 10.6 Å². The van der Waals surface area contributed by atoms with E-state index in [9.17, 15) is 14.7 Å². The summed E-state index contributed by atoms with van der Waals surface area (Å²) >= 11 is 0. The van der Waals surface area contributed by atoms with Crippen molar-refractivity contribution in [1.29, 1.82) is 0 Å². The average molecular weight is 276 g/mol. The maximum atomic E-state index is 12.3. The van der Waals surface area contributed by atoms with E-state index >= 15 is 0 Å². The molecule has 3 N–H and O–H groups in total. The van der Waals surface area contributed by atoms with Crippen molar-refractivity contribution in [2.45, 2.75) is 20.8 Å². The number of rotatable bonds is 2. The molecule has 1 aromatic rings. The third-order valence-corrected chi connectivity index (χ3v) is 3.69. The summed E-state index contributed by atoms with van der Waals surface area (Å²) in [5, 5.41) is 14.8. The van der Waals surface area contributed by atoms with Crippen molar-refractivity contribution in [3.8, 4) is 5.75 Å².